The van der Waals surface area contributed by atoms with Gasteiger partial charge < -0.3 is 60.1 Å². The SMILES string of the molecule is COc1cccc2c1C(=O)c1c(O)c3c(c(O)c1C2=O)CC(O)(C(=O)CO)CC3OC1CC(NC(=O)CCCCC(=O)On2c(O)ccc2O)C(O)C(C)O1. The molecule has 3 aliphatic rings. The number of aliphatic hydroxyl groups is 3. The zero-order chi connectivity index (χ0) is 39.9. The van der Waals surface area contributed by atoms with Gasteiger partial charge in [0.25, 0.3) is 0 Å². The zero-order valence-corrected chi connectivity index (χ0v) is 29.7. The Balaban J connectivity index is 1.21. The number of amides is 1. The summed E-state index contributed by atoms with van der Waals surface area (Å²) in [5, 5.41) is 77.3. The summed E-state index contributed by atoms with van der Waals surface area (Å²) in [5.41, 5.74) is -4.20. The van der Waals surface area contributed by atoms with E-state index < -0.39 is 119 Å². The molecule has 1 aromatic heterocycles. The maximum absolute atomic E-state index is 13.9. The van der Waals surface area contributed by atoms with E-state index in [0.29, 0.717) is 4.73 Å². The van der Waals surface area contributed by atoms with E-state index in [9.17, 15) is 59.7 Å². The third-order valence-corrected chi connectivity index (χ3v) is 10.1. The second-order valence-corrected chi connectivity index (χ2v) is 13.7. The molecule has 0 bridgehead atoms. The van der Waals surface area contributed by atoms with Crippen LogP contribution in [0.4, 0.5) is 0 Å². The average Bonchev–Trinajstić information content (AvgIpc) is 3.46. The Morgan fingerprint density at radius 3 is 2.31 bits per heavy atom. The third kappa shape index (κ3) is 7.21. The van der Waals surface area contributed by atoms with E-state index in [0.717, 1.165) is 12.1 Å². The average molecular weight is 769 g/mol. The molecule has 1 fully saturated rings. The van der Waals surface area contributed by atoms with Crippen LogP contribution in [0.3, 0.4) is 0 Å². The van der Waals surface area contributed by atoms with Crippen LogP contribution >= 0.6 is 0 Å². The number of unbranched alkanes of at least 4 members (excludes halogenated alkanes) is 1. The molecule has 0 saturated carbocycles. The number of carbonyl (C=O) groups is 5. The summed E-state index contributed by atoms with van der Waals surface area (Å²) < 4.78 is 17.9. The van der Waals surface area contributed by atoms with Crippen LogP contribution in [0.15, 0.2) is 30.3 Å². The van der Waals surface area contributed by atoms with Gasteiger partial charge in [-0.05, 0) is 25.8 Å². The van der Waals surface area contributed by atoms with Gasteiger partial charge in [0.05, 0.1) is 42.0 Å². The Kier molecular flexibility index (Phi) is 10.9. The normalized spacial score (nSPS) is 24.3. The van der Waals surface area contributed by atoms with Crippen molar-refractivity contribution >= 4 is 29.2 Å². The summed E-state index contributed by atoms with van der Waals surface area (Å²) in [7, 11) is 1.29. The maximum Gasteiger partial charge on any atom is 0.333 e. The Morgan fingerprint density at radius 1 is 0.964 bits per heavy atom. The molecule has 18 heteroatoms. The molecular weight excluding hydrogens is 728 g/mol. The first-order valence-corrected chi connectivity index (χ1v) is 17.4. The van der Waals surface area contributed by atoms with Crippen LogP contribution in [0.25, 0.3) is 0 Å². The number of aromatic hydroxyl groups is 4. The number of nitrogens with one attached hydrogen (secondary N) is 1. The van der Waals surface area contributed by atoms with Gasteiger partial charge in [0, 0.05) is 60.9 Å². The number of aliphatic hydroxyl groups excluding tert-OH is 2. The quantitative estimate of drug-likeness (QED) is 0.0723. The standard InChI is InChI=1S/C37H40N2O16/c1-16-32(46)19(38-23(42)8-3-4-9-26(45)55-39-24(43)10-11-25(39)44)12-27(53-16)54-21-14-37(51,22(41)15-40)13-18-29(21)36(50)31-30(34(18)48)33(47)17-6-5-7-20(52-2)28(17)35(31)49/h5-7,10-11,16,19,21,27,32,40,43-44,46,48,50-51H,3-4,8-9,12-15H2,1-2H3,(H,38,42). The van der Waals surface area contributed by atoms with Crippen molar-refractivity contribution in [2.75, 3.05) is 13.7 Å². The first kappa shape index (κ1) is 39.2. The molecule has 55 heavy (non-hydrogen) atoms. The molecule has 18 nitrogen and oxygen atoms in total. The molecule has 2 heterocycles. The molecule has 6 unspecified atom stereocenters. The number of hydrogen-bond donors (Lipinski definition) is 8. The Morgan fingerprint density at radius 2 is 1.64 bits per heavy atom. The number of Topliss-reactive ketones (excluding diaryl/α,β-unsaturated/α-hetero) is 1. The van der Waals surface area contributed by atoms with E-state index in [4.69, 9.17) is 19.0 Å². The predicted octanol–water partition coefficient (Wildman–Crippen LogP) is 0.587. The molecule has 6 atom stereocenters. The number of phenols is 2. The van der Waals surface area contributed by atoms with E-state index in [-0.39, 0.29) is 60.1 Å². The number of phenolic OH excluding ortho intramolecular Hbond substituents is 2. The minimum absolute atomic E-state index is 0.0442. The largest absolute Gasteiger partial charge is 0.507 e. The van der Waals surface area contributed by atoms with Crippen molar-refractivity contribution < 1.29 is 78.8 Å². The molecule has 2 aliphatic carbocycles. The van der Waals surface area contributed by atoms with Crippen LogP contribution in [-0.4, -0.2) is 114 Å². The molecule has 8 N–H and O–H groups in total. The van der Waals surface area contributed by atoms with Crippen molar-refractivity contribution in [3.8, 4) is 29.0 Å². The number of nitrogens with zero attached hydrogens (tertiary/aromatic N) is 1. The van der Waals surface area contributed by atoms with Gasteiger partial charge in [-0.3, -0.25) is 19.2 Å². The molecule has 3 aromatic rings. The number of hydrogen-bond acceptors (Lipinski definition) is 16. The monoisotopic (exact) mass is 768 g/mol. The fourth-order valence-corrected chi connectivity index (χ4v) is 7.34. The van der Waals surface area contributed by atoms with Crippen LogP contribution in [0.1, 0.15) is 94.5 Å². The molecule has 0 spiro atoms. The van der Waals surface area contributed by atoms with E-state index in [1.54, 1.807) is 0 Å². The van der Waals surface area contributed by atoms with Crippen LogP contribution in [0.2, 0.25) is 0 Å². The van der Waals surface area contributed by atoms with E-state index >= 15 is 0 Å². The van der Waals surface area contributed by atoms with Gasteiger partial charge >= 0.3 is 5.97 Å². The smallest absolute Gasteiger partial charge is 0.333 e. The van der Waals surface area contributed by atoms with Crippen molar-refractivity contribution in [2.45, 2.75) is 88.1 Å². The number of carbonyl (C=O) groups excluding carboxylic acids is 5. The number of aromatic nitrogens is 1. The number of ether oxygens (including phenoxy) is 3. The molecule has 1 saturated heterocycles. The van der Waals surface area contributed by atoms with Gasteiger partial charge in [-0.1, -0.05) is 12.1 Å². The number of fused-ring (bicyclic) bond motifs is 3. The lowest BCUT2D eigenvalue weighted by atomic mass is 9.72. The van der Waals surface area contributed by atoms with Crippen molar-refractivity contribution in [1.29, 1.82) is 0 Å². The topological polar surface area (TPSA) is 281 Å². The highest BCUT2D eigenvalue weighted by Crippen LogP contribution is 2.52. The molecule has 294 valence electrons. The fraction of sp³-hybridized carbons (Fsp3) is 0.432. The molecule has 1 aliphatic heterocycles. The Labute approximate surface area is 312 Å². The first-order valence-electron chi connectivity index (χ1n) is 17.4. The second kappa shape index (κ2) is 15.3. The molecule has 0 radical (unpaired) electrons. The molecular formula is C37H40N2O16. The summed E-state index contributed by atoms with van der Waals surface area (Å²) in [6.07, 6.45) is -6.17. The van der Waals surface area contributed by atoms with Crippen LogP contribution < -0.4 is 14.9 Å². The van der Waals surface area contributed by atoms with Crippen LogP contribution in [-0.2, 0) is 30.3 Å². The summed E-state index contributed by atoms with van der Waals surface area (Å²) in [4.78, 5) is 70.4. The summed E-state index contributed by atoms with van der Waals surface area (Å²) in [5.74, 6) is -6.42. The Hall–Kier alpha value is -5.53. The minimum Gasteiger partial charge on any atom is -0.507 e. The van der Waals surface area contributed by atoms with Crippen LogP contribution in [0.5, 0.6) is 29.0 Å². The minimum atomic E-state index is -2.37. The van der Waals surface area contributed by atoms with Crippen molar-refractivity contribution in [1.82, 2.24) is 10.0 Å². The molecule has 6 rings (SSSR count). The van der Waals surface area contributed by atoms with Gasteiger partial charge in [-0.25, -0.2) is 4.79 Å². The lowest BCUT2D eigenvalue weighted by Gasteiger charge is -2.43. The number of rotatable bonds is 12. The molecule has 2 aromatic carbocycles. The van der Waals surface area contributed by atoms with Gasteiger partial charge in [0.2, 0.25) is 23.5 Å². The second-order valence-electron chi connectivity index (χ2n) is 13.7. The predicted molar refractivity (Wildman–Crippen MR) is 184 cm³/mol. The van der Waals surface area contributed by atoms with Gasteiger partial charge in [0.15, 0.2) is 17.9 Å². The number of methoxy groups -OCH3 is 1. The molecule has 1 amide bonds. The zero-order valence-electron chi connectivity index (χ0n) is 29.7. The maximum atomic E-state index is 13.9. The fourth-order valence-electron chi connectivity index (χ4n) is 7.34. The summed E-state index contributed by atoms with van der Waals surface area (Å²) >= 11 is 0. The van der Waals surface area contributed by atoms with Crippen molar-refractivity contribution in [3.05, 3.63) is 63.7 Å². The van der Waals surface area contributed by atoms with Crippen molar-refractivity contribution in [3.63, 3.8) is 0 Å². The number of benzene rings is 2. The van der Waals surface area contributed by atoms with Gasteiger partial charge in [-0.2, -0.15) is 0 Å². The third-order valence-electron chi connectivity index (χ3n) is 10.1. The summed E-state index contributed by atoms with van der Waals surface area (Å²) in [6, 6.07) is 5.57. The van der Waals surface area contributed by atoms with Gasteiger partial charge in [-0.15, -0.1) is 4.73 Å². The van der Waals surface area contributed by atoms with Crippen LogP contribution in [0, 0.1) is 0 Å². The highest BCUT2D eigenvalue weighted by molar-refractivity contribution is 6.31. The van der Waals surface area contributed by atoms with Crippen molar-refractivity contribution in [2.24, 2.45) is 0 Å². The van der Waals surface area contributed by atoms with Gasteiger partial charge in [0.1, 0.15) is 35.6 Å². The Bertz CT molecular complexity index is 2040. The number of ketones is 3. The highest BCUT2D eigenvalue weighted by Gasteiger charge is 2.50. The van der Waals surface area contributed by atoms with E-state index in [2.05, 4.69) is 5.32 Å². The van der Waals surface area contributed by atoms with E-state index in [1.165, 1.54) is 32.2 Å². The first-order chi connectivity index (χ1) is 26.1. The van der Waals surface area contributed by atoms with E-state index in [1.807, 2.05) is 0 Å². The lowest BCUT2D eigenvalue weighted by Crippen LogP contribution is -2.55. The summed E-state index contributed by atoms with van der Waals surface area (Å²) in [6.45, 7) is 0.403. The highest BCUT2D eigenvalue weighted by atomic mass is 16.7. The lowest BCUT2D eigenvalue weighted by molar-refractivity contribution is -0.249.